The van der Waals surface area contributed by atoms with E-state index in [0.29, 0.717) is 6.08 Å². The zero-order valence-electron chi connectivity index (χ0n) is 18.6. The monoisotopic (exact) mass is 531 g/mol. The first-order valence-corrected chi connectivity index (χ1v) is 11.7. The van der Waals surface area contributed by atoms with Crippen molar-refractivity contribution in [1.82, 2.24) is 4.90 Å². The van der Waals surface area contributed by atoms with Gasteiger partial charge in [0.25, 0.3) is 5.91 Å². The lowest BCUT2D eigenvalue weighted by Crippen LogP contribution is -2.61. The van der Waals surface area contributed by atoms with Gasteiger partial charge in [-0.15, -0.1) is 0 Å². The second-order valence-electron chi connectivity index (χ2n) is 7.47. The van der Waals surface area contributed by atoms with E-state index in [-0.39, 0.29) is 25.9 Å². The number of carbonyl (C=O) groups is 2. The van der Waals surface area contributed by atoms with Gasteiger partial charge >= 0.3 is 27.5 Å². The van der Waals surface area contributed by atoms with Crippen LogP contribution in [-0.2, 0) is 24.4 Å². The lowest BCUT2D eigenvalue weighted by Gasteiger charge is -2.38. The second-order valence-corrected chi connectivity index (χ2v) is 8.93. The van der Waals surface area contributed by atoms with E-state index < -0.39 is 77.1 Å². The Morgan fingerprint density at radius 2 is 1.50 bits per heavy atom. The molecule has 1 unspecified atom stereocenters. The Balaban J connectivity index is 5.74. The normalized spacial score (nSPS) is 15.0. The van der Waals surface area contributed by atoms with E-state index in [9.17, 15) is 48.7 Å². The van der Waals surface area contributed by atoms with Crippen molar-refractivity contribution in [3.63, 3.8) is 0 Å². The second kappa shape index (κ2) is 12.3. The van der Waals surface area contributed by atoms with Gasteiger partial charge in [0.1, 0.15) is 0 Å². The fourth-order valence-electron chi connectivity index (χ4n) is 2.95. The largest absolute Gasteiger partial charge is 0.431 e. The molecule has 0 rings (SSSR count). The highest BCUT2D eigenvalue weighted by atomic mass is 32.2. The van der Waals surface area contributed by atoms with Crippen molar-refractivity contribution < 1.29 is 58.0 Å². The molecule has 0 aliphatic heterocycles. The van der Waals surface area contributed by atoms with Crippen LogP contribution in [0.3, 0.4) is 0 Å². The molecule has 0 heterocycles. The van der Waals surface area contributed by atoms with E-state index in [1.807, 2.05) is 0 Å². The maximum atomic E-state index is 14.1. The standard InChI is InChI=1S/C19H28F7NO6S/c1-4-10-27(11-5-2)15(29)16(18(22,23)24,13-14(28)6-3)33-12-8-7-9-17(20,21)19(25,26)34(30,31)32/h6H,3-5,7-13H2,1-2H3,(H,30,31,32). The van der Waals surface area contributed by atoms with Crippen molar-refractivity contribution in [2.24, 2.45) is 0 Å². The molecule has 0 saturated carbocycles. The van der Waals surface area contributed by atoms with Crippen LogP contribution in [0.4, 0.5) is 30.7 Å². The molecule has 15 heteroatoms. The number of carbonyl (C=O) groups excluding carboxylic acids is 2. The predicted molar refractivity (Wildman–Crippen MR) is 107 cm³/mol. The van der Waals surface area contributed by atoms with Crippen molar-refractivity contribution in [3.8, 4) is 0 Å². The first-order chi connectivity index (χ1) is 15.3. The molecule has 0 aromatic carbocycles. The van der Waals surface area contributed by atoms with Gasteiger partial charge in [0.2, 0.25) is 5.60 Å². The third-order valence-electron chi connectivity index (χ3n) is 4.71. The third-order valence-corrected chi connectivity index (χ3v) is 5.66. The highest BCUT2D eigenvalue weighted by Crippen LogP contribution is 2.42. The molecule has 200 valence electrons. The minimum Gasteiger partial charge on any atom is -0.357 e. The summed E-state index contributed by atoms with van der Waals surface area (Å²) in [5, 5.41) is -5.82. The van der Waals surface area contributed by atoms with Crippen LogP contribution in [0.2, 0.25) is 0 Å². The Hall–Kier alpha value is -1.74. The van der Waals surface area contributed by atoms with Crippen LogP contribution in [-0.4, -0.2) is 72.2 Å². The number of amides is 1. The molecular formula is C19H28F7NO6S. The van der Waals surface area contributed by atoms with Gasteiger partial charge in [0.05, 0.1) is 6.42 Å². The molecule has 0 fully saturated rings. The van der Waals surface area contributed by atoms with Crippen molar-refractivity contribution in [2.45, 2.75) is 75.3 Å². The third kappa shape index (κ3) is 7.63. The maximum absolute atomic E-state index is 14.1. The minimum atomic E-state index is -6.45. The molecule has 0 aliphatic rings. The number of hydrogen-bond donors (Lipinski definition) is 1. The van der Waals surface area contributed by atoms with Gasteiger partial charge < -0.3 is 9.64 Å². The lowest BCUT2D eigenvalue weighted by atomic mass is 9.93. The summed E-state index contributed by atoms with van der Waals surface area (Å²) in [6, 6.07) is 0. The molecule has 0 saturated heterocycles. The number of allylic oxidation sites excluding steroid dienone is 1. The molecule has 0 spiro atoms. The average Bonchev–Trinajstić information content (AvgIpc) is 2.69. The Morgan fingerprint density at radius 3 is 1.88 bits per heavy atom. The molecule has 0 aliphatic carbocycles. The zero-order valence-corrected chi connectivity index (χ0v) is 19.5. The quantitative estimate of drug-likeness (QED) is 0.137. The first-order valence-electron chi connectivity index (χ1n) is 10.2. The fraction of sp³-hybridized carbons (Fsp3) is 0.789. The number of ether oxygens (including phenoxy) is 1. The summed E-state index contributed by atoms with van der Waals surface area (Å²) in [4.78, 5) is 25.6. The van der Waals surface area contributed by atoms with Gasteiger partial charge in [-0.05, 0) is 31.8 Å². The number of nitrogens with zero attached hydrogens (tertiary/aromatic N) is 1. The Labute approximate surface area is 193 Å². The maximum Gasteiger partial charge on any atom is 0.431 e. The lowest BCUT2D eigenvalue weighted by molar-refractivity contribution is -0.272. The summed E-state index contributed by atoms with van der Waals surface area (Å²) in [5.74, 6) is -7.98. The number of ketones is 1. The summed E-state index contributed by atoms with van der Waals surface area (Å²) in [6.45, 7) is 5.04. The molecule has 7 nitrogen and oxygen atoms in total. The van der Waals surface area contributed by atoms with E-state index in [0.717, 1.165) is 4.90 Å². The molecule has 0 radical (unpaired) electrons. The molecule has 0 bridgehead atoms. The SMILES string of the molecule is C=CC(=O)CC(OCCCCC(F)(F)C(F)(F)S(=O)(=O)O)(C(=O)N(CCC)CCC)C(F)(F)F. The van der Waals surface area contributed by atoms with E-state index >= 15 is 0 Å². The van der Waals surface area contributed by atoms with Crippen LogP contribution in [0.5, 0.6) is 0 Å². The van der Waals surface area contributed by atoms with Gasteiger partial charge in [-0.25, -0.2) is 0 Å². The van der Waals surface area contributed by atoms with Gasteiger partial charge in [-0.2, -0.15) is 39.2 Å². The van der Waals surface area contributed by atoms with Crippen LogP contribution in [0.25, 0.3) is 0 Å². The van der Waals surface area contributed by atoms with Crippen molar-refractivity contribution >= 4 is 21.8 Å². The van der Waals surface area contributed by atoms with Crippen LogP contribution in [0.15, 0.2) is 12.7 Å². The number of alkyl halides is 7. The fourth-order valence-corrected chi connectivity index (χ4v) is 3.43. The molecule has 34 heavy (non-hydrogen) atoms. The van der Waals surface area contributed by atoms with Gasteiger partial charge in [-0.1, -0.05) is 20.4 Å². The zero-order chi connectivity index (χ0) is 27.0. The molecular weight excluding hydrogens is 503 g/mol. The number of rotatable bonds is 16. The highest BCUT2D eigenvalue weighted by Gasteiger charge is 2.65. The number of unbranched alkanes of at least 4 members (excludes halogenated alkanes) is 1. The molecule has 0 aromatic heterocycles. The summed E-state index contributed by atoms with van der Waals surface area (Å²) >= 11 is 0. The Kier molecular flexibility index (Phi) is 11.7. The van der Waals surface area contributed by atoms with E-state index in [1.54, 1.807) is 13.8 Å². The van der Waals surface area contributed by atoms with Crippen molar-refractivity contribution in [3.05, 3.63) is 12.7 Å². The Bertz CT molecular complexity index is 810. The van der Waals surface area contributed by atoms with E-state index in [2.05, 4.69) is 6.58 Å². The van der Waals surface area contributed by atoms with Crippen molar-refractivity contribution in [1.29, 1.82) is 0 Å². The van der Waals surface area contributed by atoms with Crippen LogP contribution in [0.1, 0.15) is 52.4 Å². The summed E-state index contributed by atoms with van der Waals surface area (Å²) in [7, 11) is -6.45. The van der Waals surface area contributed by atoms with Gasteiger partial charge in [-0.3, -0.25) is 14.1 Å². The smallest absolute Gasteiger partial charge is 0.357 e. The molecule has 1 N–H and O–H groups in total. The summed E-state index contributed by atoms with van der Waals surface area (Å²) in [6.07, 6.45) is -9.27. The van der Waals surface area contributed by atoms with E-state index in [4.69, 9.17) is 9.29 Å². The number of halogens is 7. The predicted octanol–water partition coefficient (Wildman–Crippen LogP) is 4.38. The summed E-state index contributed by atoms with van der Waals surface area (Å²) < 4.78 is 130. The van der Waals surface area contributed by atoms with Crippen LogP contribution < -0.4 is 0 Å². The summed E-state index contributed by atoms with van der Waals surface area (Å²) in [5.41, 5.74) is -3.66. The van der Waals surface area contributed by atoms with Gasteiger partial charge in [0.15, 0.2) is 5.78 Å². The Morgan fingerprint density at radius 1 is 1.00 bits per heavy atom. The van der Waals surface area contributed by atoms with E-state index in [1.165, 1.54) is 0 Å². The minimum absolute atomic E-state index is 0.0902. The molecule has 0 aromatic rings. The van der Waals surface area contributed by atoms with Crippen molar-refractivity contribution in [2.75, 3.05) is 19.7 Å². The van der Waals surface area contributed by atoms with Gasteiger partial charge in [0, 0.05) is 26.1 Å². The molecule has 1 atom stereocenters. The highest BCUT2D eigenvalue weighted by molar-refractivity contribution is 7.87. The average molecular weight is 531 g/mol. The van der Waals surface area contributed by atoms with Crippen LogP contribution in [0, 0.1) is 0 Å². The number of hydrogen-bond acceptors (Lipinski definition) is 5. The topological polar surface area (TPSA) is 101 Å². The molecule has 1 amide bonds. The first kappa shape index (κ1) is 32.3. The van der Waals surface area contributed by atoms with Crippen LogP contribution >= 0.6 is 0 Å².